The molecule has 0 saturated carbocycles. The zero-order valence-corrected chi connectivity index (χ0v) is 12.4. The molecule has 1 aliphatic carbocycles. The molecule has 1 nitrogen and oxygen atoms in total. The minimum absolute atomic E-state index is 0.421. The highest BCUT2D eigenvalue weighted by Gasteiger charge is 2.17. The van der Waals surface area contributed by atoms with Crippen molar-refractivity contribution in [2.45, 2.75) is 58.4 Å². The predicted molar refractivity (Wildman–Crippen MR) is 83.4 cm³/mol. The van der Waals surface area contributed by atoms with E-state index in [9.17, 15) is 0 Å². The van der Waals surface area contributed by atoms with Gasteiger partial charge in [-0.1, -0.05) is 55.7 Å². The Bertz CT molecular complexity index is 419. The second kappa shape index (κ2) is 7.49. The molecule has 1 atom stereocenters. The van der Waals surface area contributed by atoms with Crippen LogP contribution in [0.1, 0.15) is 62.6 Å². The van der Waals surface area contributed by atoms with Crippen LogP contribution < -0.4 is 5.32 Å². The van der Waals surface area contributed by atoms with E-state index in [0.717, 1.165) is 6.54 Å². The average Bonchev–Trinajstić information content (AvgIpc) is 2.37. The molecule has 1 aromatic carbocycles. The first-order chi connectivity index (χ1) is 9.33. The van der Waals surface area contributed by atoms with E-state index in [-0.39, 0.29) is 0 Å². The highest BCUT2D eigenvalue weighted by molar-refractivity contribution is 5.34. The summed E-state index contributed by atoms with van der Waals surface area (Å²) in [6.45, 7) is 5.45. The Morgan fingerprint density at radius 2 is 1.89 bits per heavy atom. The summed E-state index contributed by atoms with van der Waals surface area (Å²) in [6, 6.07) is 9.22. The summed E-state index contributed by atoms with van der Waals surface area (Å²) in [6.07, 6.45) is 10.5. The van der Waals surface area contributed by atoms with Crippen molar-refractivity contribution in [3.05, 3.63) is 47.0 Å². The molecule has 0 radical (unpaired) electrons. The number of aryl methyl sites for hydroxylation is 1. The van der Waals surface area contributed by atoms with Crippen LogP contribution in [0.25, 0.3) is 0 Å². The Kier molecular flexibility index (Phi) is 5.65. The number of likely N-dealkylation sites (N-methyl/N-ethyl adjacent to an activating group) is 1. The number of hydrogen-bond acceptors (Lipinski definition) is 1. The summed E-state index contributed by atoms with van der Waals surface area (Å²) in [7, 11) is 0. The number of benzene rings is 1. The van der Waals surface area contributed by atoms with E-state index < -0.39 is 0 Å². The van der Waals surface area contributed by atoms with Crippen molar-refractivity contribution >= 4 is 0 Å². The van der Waals surface area contributed by atoms with Gasteiger partial charge in [-0.05, 0) is 50.3 Å². The summed E-state index contributed by atoms with van der Waals surface area (Å²) >= 11 is 0. The molecule has 0 heterocycles. The van der Waals surface area contributed by atoms with Crippen LogP contribution in [0.15, 0.2) is 35.9 Å². The van der Waals surface area contributed by atoms with Gasteiger partial charge in [-0.3, -0.25) is 0 Å². The molecule has 0 aliphatic heterocycles. The molecule has 104 valence electrons. The van der Waals surface area contributed by atoms with Crippen LogP contribution in [-0.4, -0.2) is 6.54 Å². The molecule has 0 fully saturated rings. The summed E-state index contributed by atoms with van der Waals surface area (Å²) in [5.41, 5.74) is 4.46. The van der Waals surface area contributed by atoms with Crippen LogP contribution >= 0.6 is 0 Å². The van der Waals surface area contributed by atoms with Crippen LogP contribution in [0.5, 0.6) is 0 Å². The van der Waals surface area contributed by atoms with E-state index in [2.05, 4.69) is 49.5 Å². The Labute approximate surface area is 118 Å². The zero-order chi connectivity index (χ0) is 13.5. The monoisotopic (exact) mass is 257 g/mol. The van der Waals surface area contributed by atoms with Gasteiger partial charge in [-0.15, -0.1) is 0 Å². The molecule has 1 heteroatoms. The van der Waals surface area contributed by atoms with Gasteiger partial charge in [0.2, 0.25) is 0 Å². The van der Waals surface area contributed by atoms with Crippen molar-refractivity contribution in [2.24, 2.45) is 0 Å². The van der Waals surface area contributed by atoms with E-state index in [1.54, 1.807) is 5.57 Å². The summed E-state index contributed by atoms with van der Waals surface area (Å²) in [4.78, 5) is 0. The average molecular weight is 257 g/mol. The molecule has 1 aliphatic rings. The largest absolute Gasteiger partial charge is 0.307 e. The van der Waals surface area contributed by atoms with Gasteiger partial charge in [0.1, 0.15) is 0 Å². The van der Waals surface area contributed by atoms with Crippen LogP contribution in [0, 0.1) is 6.92 Å². The molecule has 0 spiro atoms. The zero-order valence-electron chi connectivity index (χ0n) is 12.4. The van der Waals surface area contributed by atoms with E-state index in [0.29, 0.717) is 6.04 Å². The maximum Gasteiger partial charge on any atom is 0.0538 e. The van der Waals surface area contributed by atoms with Crippen LogP contribution in [-0.2, 0) is 0 Å². The fourth-order valence-corrected chi connectivity index (χ4v) is 3.03. The summed E-state index contributed by atoms with van der Waals surface area (Å²) < 4.78 is 0. The lowest BCUT2D eigenvalue weighted by Gasteiger charge is -2.25. The SMILES string of the molecule is CCNC(/C1=C/CCCCCC1)c1ccccc1C. The molecule has 1 unspecified atom stereocenters. The first-order valence-electron chi connectivity index (χ1n) is 7.80. The molecule has 2 rings (SSSR count). The van der Waals surface area contributed by atoms with Gasteiger partial charge in [0.05, 0.1) is 6.04 Å². The third-order valence-corrected chi connectivity index (χ3v) is 4.10. The molecule has 0 aromatic heterocycles. The van der Waals surface area contributed by atoms with Gasteiger partial charge < -0.3 is 5.32 Å². The molecule has 1 aromatic rings. The molecule has 0 bridgehead atoms. The van der Waals surface area contributed by atoms with E-state index >= 15 is 0 Å². The fourth-order valence-electron chi connectivity index (χ4n) is 3.03. The number of rotatable bonds is 4. The highest BCUT2D eigenvalue weighted by Crippen LogP contribution is 2.30. The Morgan fingerprint density at radius 1 is 1.11 bits per heavy atom. The first-order valence-corrected chi connectivity index (χ1v) is 7.80. The maximum absolute atomic E-state index is 3.69. The lowest BCUT2D eigenvalue weighted by atomic mass is 9.89. The Hall–Kier alpha value is -1.08. The van der Waals surface area contributed by atoms with Crippen molar-refractivity contribution in [1.29, 1.82) is 0 Å². The Morgan fingerprint density at radius 3 is 2.68 bits per heavy atom. The maximum atomic E-state index is 3.69. The summed E-state index contributed by atoms with van der Waals surface area (Å²) in [5, 5.41) is 3.69. The second-order valence-electron chi connectivity index (χ2n) is 5.58. The van der Waals surface area contributed by atoms with Crippen LogP contribution in [0.4, 0.5) is 0 Å². The van der Waals surface area contributed by atoms with Crippen molar-refractivity contribution in [3.63, 3.8) is 0 Å². The van der Waals surface area contributed by atoms with Crippen molar-refractivity contribution in [2.75, 3.05) is 6.54 Å². The lowest BCUT2D eigenvalue weighted by Crippen LogP contribution is -2.24. The molecule has 0 amide bonds. The number of nitrogens with one attached hydrogen (secondary N) is 1. The smallest absolute Gasteiger partial charge is 0.0538 e. The van der Waals surface area contributed by atoms with Crippen LogP contribution in [0.3, 0.4) is 0 Å². The number of hydrogen-bond donors (Lipinski definition) is 1. The fraction of sp³-hybridized carbons (Fsp3) is 0.556. The second-order valence-corrected chi connectivity index (χ2v) is 5.58. The van der Waals surface area contributed by atoms with Crippen LogP contribution in [0.2, 0.25) is 0 Å². The third-order valence-electron chi connectivity index (χ3n) is 4.10. The highest BCUT2D eigenvalue weighted by atomic mass is 14.9. The van der Waals surface area contributed by atoms with Gasteiger partial charge in [0, 0.05) is 0 Å². The Balaban J connectivity index is 2.25. The normalized spacial score (nSPS) is 21.1. The molecule has 0 saturated heterocycles. The molecule has 19 heavy (non-hydrogen) atoms. The first kappa shape index (κ1) is 14.3. The van der Waals surface area contributed by atoms with Crippen molar-refractivity contribution in [3.8, 4) is 0 Å². The summed E-state index contributed by atoms with van der Waals surface area (Å²) in [5.74, 6) is 0. The minimum Gasteiger partial charge on any atom is -0.307 e. The predicted octanol–water partition coefficient (Wildman–Crippen LogP) is 4.93. The molecular weight excluding hydrogens is 230 g/mol. The molecular formula is C18H27N. The van der Waals surface area contributed by atoms with Gasteiger partial charge in [0.15, 0.2) is 0 Å². The third kappa shape index (κ3) is 3.94. The van der Waals surface area contributed by atoms with Gasteiger partial charge in [-0.25, -0.2) is 0 Å². The quantitative estimate of drug-likeness (QED) is 0.754. The lowest BCUT2D eigenvalue weighted by molar-refractivity contribution is 0.552. The van der Waals surface area contributed by atoms with E-state index in [1.165, 1.54) is 49.7 Å². The number of allylic oxidation sites excluding steroid dienone is 1. The van der Waals surface area contributed by atoms with Gasteiger partial charge in [-0.2, -0.15) is 0 Å². The van der Waals surface area contributed by atoms with Crippen molar-refractivity contribution in [1.82, 2.24) is 5.32 Å². The van der Waals surface area contributed by atoms with E-state index in [4.69, 9.17) is 0 Å². The van der Waals surface area contributed by atoms with Gasteiger partial charge >= 0.3 is 0 Å². The topological polar surface area (TPSA) is 12.0 Å². The van der Waals surface area contributed by atoms with Gasteiger partial charge in [0.25, 0.3) is 0 Å². The van der Waals surface area contributed by atoms with Crippen molar-refractivity contribution < 1.29 is 0 Å². The van der Waals surface area contributed by atoms with E-state index in [1.807, 2.05) is 0 Å². The standard InChI is InChI=1S/C18H27N/c1-3-19-18(17-14-10-9-11-15(17)2)16-12-7-5-4-6-8-13-16/h9-12,14,18-19H,3-8,13H2,1-2H3/b16-12+. The molecule has 1 N–H and O–H groups in total. The minimum atomic E-state index is 0.421.